The van der Waals surface area contributed by atoms with Crippen molar-refractivity contribution in [3.63, 3.8) is 0 Å². The molecule has 1 saturated heterocycles. The number of anilines is 2. The van der Waals surface area contributed by atoms with Crippen LogP contribution >= 0.6 is 0 Å². The standard InChI is InChI=1S/C19H22N4O/c1-15-9-11-23(12-10-15)19-20-13-17(14-21-19)22-18(24)8-7-16-5-3-2-4-6-16/h2-8,13-15H,9-12H2,1H3,(H,22,24)/b8-7+. The number of aromatic nitrogens is 2. The van der Waals surface area contributed by atoms with Gasteiger partial charge in [0.05, 0.1) is 18.1 Å². The molecule has 0 unspecified atom stereocenters. The highest BCUT2D eigenvalue weighted by molar-refractivity contribution is 6.01. The van der Waals surface area contributed by atoms with Crippen LogP contribution in [0.1, 0.15) is 25.3 Å². The van der Waals surface area contributed by atoms with Crippen LogP contribution in [0.5, 0.6) is 0 Å². The molecule has 1 aliphatic heterocycles. The molecule has 0 spiro atoms. The molecular formula is C19H22N4O. The fourth-order valence-corrected chi connectivity index (χ4v) is 2.68. The van der Waals surface area contributed by atoms with E-state index in [1.54, 1.807) is 18.5 Å². The van der Waals surface area contributed by atoms with Crippen LogP contribution in [0.2, 0.25) is 0 Å². The van der Waals surface area contributed by atoms with Gasteiger partial charge in [0.2, 0.25) is 11.9 Å². The van der Waals surface area contributed by atoms with Gasteiger partial charge in [0.25, 0.3) is 0 Å². The molecule has 3 rings (SSSR count). The van der Waals surface area contributed by atoms with Crippen molar-refractivity contribution in [2.45, 2.75) is 19.8 Å². The minimum atomic E-state index is -0.193. The van der Waals surface area contributed by atoms with Crippen molar-refractivity contribution in [1.29, 1.82) is 0 Å². The molecule has 0 aliphatic carbocycles. The van der Waals surface area contributed by atoms with Crippen molar-refractivity contribution in [1.82, 2.24) is 9.97 Å². The molecule has 1 aromatic carbocycles. The molecule has 5 heteroatoms. The van der Waals surface area contributed by atoms with E-state index in [-0.39, 0.29) is 5.91 Å². The first kappa shape index (κ1) is 16.2. The fourth-order valence-electron chi connectivity index (χ4n) is 2.68. The van der Waals surface area contributed by atoms with Gasteiger partial charge in [0, 0.05) is 19.2 Å². The molecule has 124 valence electrons. The molecule has 2 heterocycles. The molecule has 1 amide bonds. The Morgan fingerprint density at radius 3 is 2.50 bits per heavy atom. The summed E-state index contributed by atoms with van der Waals surface area (Å²) < 4.78 is 0. The van der Waals surface area contributed by atoms with E-state index in [1.807, 2.05) is 30.3 Å². The molecule has 0 bridgehead atoms. The second-order valence-electron chi connectivity index (χ2n) is 6.17. The second-order valence-corrected chi connectivity index (χ2v) is 6.17. The highest BCUT2D eigenvalue weighted by Gasteiger charge is 2.17. The zero-order chi connectivity index (χ0) is 16.8. The molecule has 1 fully saturated rings. The summed E-state index contributed by atoms with van der Waals surface area (Å²) in [5, 5.41) is 2.78. The van der Waals surface area contributed by atoms with Gasteiger partial charge in [-0.3, -0.25) is 4.79 Å². The normalized spacial score (nSPS) is 15.6. The van der Waals surface area contributed by atoms with E-state index >= 15 is 0 Å². The monoisotopic (exact) mass is 322 g/mol. The third-order valence-electron chi connectivity index (χ3n) is 4.20. The van der Waals surface area contributed by atoms with Crippen LogP contribution in [0.4, 0.5) is 11.6 Å². The third-order valence-corrected chi connectivity index (χ3v) is 4.20. The van der Waals surface area contributed by atoms with Crippen molar-refractivity contribution in [3.05, 3.63) is 54.4 Å². The van der Waals surface area contributed by atoms with Gasteiger partial charge in [-0.15, -0.1) is 0 Å². The number of hydrogen-bond acceptors (Lipinski definition) is 4. The lowest BCUT2D eigenvalue weighted by Crippen LogP contribution is -2.34. The van der Waals surface area contributed by atoms with Gasteiger partial charge >= 0.3 is 0 Å². The molecule has 1 aliphatic rings. The maximum absolute atomic E-state index is 11.9. The number of carbonyl (C=O) groups is 1. The van der Waals surface area contributed by atoms with Crippen molar-refractivity contribution >= 4 is 23.6 Å². The second kappa shape index (κ2) is 7.73. The smallest absolute Gasteiger partial charge is 0.248 e. The number of piperidine rings is 1. The van der Waals surface area contributed by atoms with Crippen LogP contribution in [0, 0.1) is 5.92 Å². The van der Waals surface area contributed by atoms with Crippen LogP contribution in [0.25, 0.3) is 6.08 Å². The zero-order valence-corrected chi connectivity index (χ0v) is 13.9. The summed E-state index contributed by atoms with van der Waals surface area (Å²) in [6.07, 6.45) is 8.95. The number of hydrogen-bond donors (Lipinski definition) is 1. The molecule has 1 N–H and O–H groups in total. The Kier molecular flexibility index (Phi) is 5.21. The van der Waals surface area contributed by atoms with Crippen molar-refractivity contribution in [2.75, 3.05) is 23.3 Å². The topological polar surface area (TPSA) is 58.1 Å². The molecule has 2 aromatic rings. The van der Waals surface area contributed by atoms with Gasteiger partial charge in [-0.25, -0.2) is 9.97 Å². The van der Waals surface area contributed by atoms with Crippen molar-refractivity contribution < 1.29 is 4.79 Å². The summed E-state index contributed by atoms with van der Waals surface area (Å²) in [4.78, 5) is 22.9. The van der Waals surface area contributed by atoms with Crippen molar-refractivity contribution in [3.8, 4) is 0 Å². The van der Waals surface area contributed by atoms with Crippen LogP contribution in [-0.2, 0) is 4.79 Å². The average molecular weight is 322 g/mol. The van der Waals surface area contributed by atoms with Gasteiger partial charge in [-0.05, 0) is 30.4 Å². The van der Waals surface area contributed by atoms with Gasteiger partial charge in [-0.2, -0.15) is 0 Å². The third kappa shape index (κ3) is 4.41. The van der Waals surface area contributed by atoms with E-state index in [0.717, 1.165) is 30.5 Å². The molecule has 0 saturated carbocycles. The Balaban J connectivity index is 1.56. The van der Waals surface area contributed by atoms with E-state index in [1.165, 1.54) is 18.9 Å². The highest BCUT2D eigenvalue weighted by Crippen LogP contribution is 2.20. The van der Waals surface area contributed by atoms with E-state index < -0.39 is 0 Å². The Labute approximate surface area is 142 Å². The number of amides is 1. The maximum atomic E-state index is 11.9. The number of carbonyl (C=O) groups excluding carboxylic acids is 1. The molecule has 0 radical (unpaired) electrons. The summed E-state index contributed by atoms with van der Waals surface area (Å²) in [5.74, 6) is 1.32. The van der Waals surface area contributed by atoms with E-state index in [0.29, 0.717) is 5.69 Å². The zero-order valence-electron chi connectivity index (χ0n) is 13.9. The summed E-state index contributed by atoms with van der Waals surface area (Å²) in [5.41, 5.74) is 1.59. The van der Waals surface area contributed by atoms with Crippen LogP contribution in [0.3, 0.4) is 0 Å². The predicted molar refractivity (Wildman–Crippen MR) is 96.7 cm³/mol. The van der Waals surface area contributed by atoms with Crippen LogP contribution in [-0.4, -0.2) is 29.0 Å². The lowest BCUT2D eigenvalue weighted by Gasteiger charge is -2.30. The lowest BCUT2D eigenvalue weighted by molar-refractivity contribution is -0.111. The van der Waals surface area contributed by atoms with E-state index in [2.05, 4.69) is 27.1 Å². The molecule has 1 aromatic heterocycles. The average Bonchev–Trinajstić information content (AvgIpc) is 2.62. The van der Waals surface area contributed by atoms with Gasteiger partial charge in [-0.1, -0.05) is 37.3 Å². The molecular weight excluding hydrogens is 300 g/mol. The first-order chi connectivity index (χ1) is 11.7. The predicted octanol–water partition coefficient (Wildman–Crippen LogP) is 3.36. The number of nitrogens with one attached hydrogen (secondary N) is 1. The van der Waals surface area contributed by atoms with Crippen LogP contribution in [0.15, 0.2) is 48.8 Å². The van der Waals surface area contributed by atoms with Gasteiger partial charge < -0.3 is 10.2 Å². The number of rotatable bonds is 4. The number of benzene rings is 1. The Bertz CT molecular complexity index is 689. The fraction of sp³-hybridized carbons (Fsp3) is 0.316. The number of nitrogens with zero attached hydrogens (tertiary/aromatic N) is 3. The summed E-state index contributed by atoms with van der Waals surface area (Å²) in [7, 11) is 0. The molecule has 0 atom stereocenters. The SMILES string of the molecule is CC1CCN(c2ncc(NC(=O)/C=C/c3ccccc3)cn2)CC1. The minimum Gasteiger partial charge on any atom is -0.341 e. The van der Waals surface area contributed by atoms with Gasteiger partial charge in [0.1, 0.15) is 0 Å². The molecule has 24 heavy (non-hydrogen) atoms. The largest absolute Gasteiger partial charge is 0.341 e. The van der Waals surface area contributed by atoms with E-state index in [9.17, 15) is 4.79 Å². The summed E-state index contributed by atoms with van der Waals surface area (Å²) in [6.45, 7) is 4.26. The lowest BCUT2D eigenvalue weighted by atomic mass is 10.00. The molecule has 5 nitrogen and oxygen atoms in total. The highest BCUT2D eigenvalue weighted by atomic mass is 16.1. The van der Waals surface area contributed by atoms with E-state index in [4.69, 9.17) is 0 Å². The van der Waals surface area contributed by atoms with Crippen LogP contribution < -0.4 is 10.2 Å². The van der Waals surface area contributed by atoms with Crippen molar-refractivity contribution in [2.24, 2.45) is 5.92 Å². The summed E-state index contributed by atoms with van der Waals surface area (Å²) in [6, 6.07) is 9.71. The van der Waals surface area contributed by atoms with Gasteiger partial charge in [0.15, 0.2) is 0 Å². The quantitative estimate of drug-likeness (QED) is 0.877. The Morgan fingerprint density at radius 1 is 1.17 bits per heavy atom. The summed E-state index contributed by atoms with van der Waals surface area (Å²) >= 11 is 0. The Morgan fingerprint density at radius 2 is 1.83 bits per heavy atom. The first-order valence-electron chi connectivity index (χ1n) is 8.32. The Hall–Kier alpha value is -2.69. The first-order valence-corrected chi connectivity index (χ1v) is 8.32. The maximum Gasteiger partial charge on any atom is 0.248 e. The minimum absolute atomic E-state index is 0.193.